The molecule has 2 heterocycles. The van der Waals surface area contributed by atoms with Crippen molar-refractivity contribution in [3.8, 4) is 11.9 Å². The Balaban J connectivity index is 1.96. The van der Waals surface area contributed by atoms with Crippen molar-refractivity contribution in [3.63, 3.8) is 0 Å². The smallest absolute Gasteiger partial charge is 0.238 e. The maximum atomic E-state index is 8.82. The maximum Gasteiger partial charge on any atom is 0.238 e. The lowest BCUT2D eigenvalue weighted by molar-refractivity contribution is -0.0117. The summed E-state index contributed by atoms with van der Waals surface area (Å²) in [5, 5.41) is 8.82. The van der Waals surface area contributed by atoms with Gasteiger partial charge in [0.15, 0.2) is 0 Å². The number of ether oxygens (including phenoxy) is 2. The van der Waals surface area contributed by atoms with E-state index in [2.05, 4.69) is 4.98 Å². The Labute approximate surface area is 100 Å². The molecule has 2 N–H and O–H groups in total. The Bertz CT molecular complexity index is 422. The highest BCUT2D eigenvalue weighted by Gasteiger charge is 2.16. The van der Waals surface area contributed by atoms with Crippen LogP contribution in [0.5, 0.6) is 5.88 Å². The van der Waals surface area contributed by atoms with Gasteiger partial charge in [-0.05, 0) is 25.3 Å². The molecule has 5 heteroatoms. The van der Waals surface area contributed by atoms with Crippen LogP contribution in [0.15, 0.2) is 12.3 Å². The van der Waals surface area contributed by atoms with Gasteiger partial charge in [-0.15, -0.1) is 0 Å². The Kier molecular flexibility index (Phi) is 3.78. The summed E-state index contributed by atoms with van der Waals surface area (Å²) >= 11 is 0. The van der Waals surface area contributed by atoms with Gasteiger partial charge in [0.25, 0.3) is 0 Å². The Morgan fingerprint density at radius 3 is 3.18 bits per heavy atom. The molecule has 1 aliphatic heterocycles. The van der Waals surface area contributed by atoms with Crippen molar-refractivity contribution in [3.05, 3.63) is 17.8 Å². The van der Waals surface area contributed by atoms with Gasteiger partial charge in [-0.3, -0.25) is 0 Å². The molecule has 0 aromatic carbocycles. The van der Waals surface area contributed by atoms with E-state index >= 15 is 0 Å². The predicted molar refractivity (Wildman–Crippen MR) is 62.5 cm³/mol. The second kappa shape index (κ2) is 5.51. The van der Waals surface area contributed by atoms with Gasteiger partial charge in [0, 0.05) is 12.8 Å². The zero-order valence-corrected chi connectivity index (χ0v) is 9.56. The molecule has 1 aliphatic rings. The highest BCUT2D eigenvalue weighted by Crippen LogP contribution is 2.22. The van der Waals surface area contributed by atoms with E-state index < -0.39 is 0 Å². The van der Waals surface area contributed by atoms with Crippen molar-refractivity contribution >= 4 is 5.69 Å². The zero-order valence-electron chi connectivity index (χ0n) is 9.56. The molecule has 1 aromatic heterocycles. The normalized spacial score (nSPS) is 19.6. The Morgan fingerprint density at radius 2 is 2.47 bits per heavy atom. The van der Waals surface area contributed by atoms with Crippen molar-refractivity contribution in [2.75, 3.05) is 18.9 Å². The molecular weight excluding hydrogens is 218 g/mol. The topological polar surface area (TPSA) is 81.2 Å². The SMILES string of the molecule is N#Cc1ccnc(OCC2CCCCO2)c1N. The lowest BCUT2D eigenvalue weighted by atomic mass is 10.1. The number of anilines is 1. The van der Waals surface area contributed by atoms with Gasteiger partial charge in [0.05, 0.1) is 11.7 Å². The average Bonchev–Trinajstić information content (AvgIpc) is 2.39. The number of nitrogen functional groups attached to an aromatic ring is 1. The molecule has 1 saturated heterocycles. The third kappa shape index (κ3) is 2.86. The Morgan fingerprint density at radius 1 is 1.59 bits per heavy atom. The minimum absolute atomic E-state index is 0.107. The van der Waals surface area contributed by atoms with E-state index in [1.807, 2.05) is 6.07 Å². The van der Waals surface area contributed by atoms with Crippen molar-refractivity contribution in [2.24, 2.45) is 0 Å². The minimum Gasteiger partial charge on any atom is -0.473 e. The second-order valence-corrected chi connectivity index (χ2v) is 3.99. The van der Waals surface area contributed by atoms with Crippen LogP contribution in [-0.4, -0.2) is 24.3 Å². The van der Waals surface area contributed by atoms with Gasteiger partial charge in [-0.2, -0.15) is 5.26 Å². The molecule has 0 aliphatic carbocycles. The lowest BCUT2D eigenvalue weighted by Crippen LogP contribution is -2.26. The molecule has 90 valence electrons. The first kappa shape index (κ1) is 11.7. The number of pyridine rings is 1. The molecule has 0 bridgehead atoms. The number of hydrogen-bond donors (Lipinski definition) is 1. The molecule has 2 rings (SSSR count). The first-order valence-corrected chi connectivity index (χ1v) is 5.70. The molecule has 1 unspecified atom stereocenters. The Hall–Kier alpha value is -1.80. The van der Waals surface area contributed by atoms with E-state index in [4.69, 9.17) is 20.5 Å². The highest BCUT2D eigenvalue weighted by molar-refractivity contribution is 5.59. The van der Waals surface area contributed by atoms with Crippen molar-refractivity contribution < 1.29 is 9.47 Å². The van der Waals surface area contributed by atoms with Crippen LogP contribution in [0.2, 0.25) is 0 Å². The van der Waals surface area contributed by atoms with Crippen LogP contribution in [-0.2, 0) is 4.74 Å². The number of rotatable bonds is 3. The zero-order chi connectivity index (χ0) is 12.1. The largest absolute Gasteiger partial charge is 0.473 e. The summed E-state index contributed by atoms with van der Waals surface area (Å²) in [5.41, 5.74) is 6.44. The van der Waals surface area contributed by atoms with Crippen LogP contribution < -0.4 is 10.5 Å². The van der Waals surface area contributed by atoms with Gasteiger partial charge in [0.1, 0.15) is 18.4 Å². The summed E-state index contributed by atoms with van der Waals surface area (Å²) in [7, 11) is 0. The molecule has 1 fully saturated rings. The number of nitrogens with zero attached hydrogens (tertiary/aromatic N) is 2. The predicted octanol–water partition coefficient (Wildman–Crippen LogP) is 1.48. The molecular formula is C12H15N3O2. The van der Waals surface area contributed by atoms with Crippen molar-refractivity contribution in [1.29, 1.82) is 5.26 Å². The van der Waals surface area contributed by atoms with Gasteiger partial charge in [-0.1, -0.05) is 0 Å². The summed E-state index contributed by atoms with van der Waals surface area (Å²) in [6.07, 6.45) is 4.90. The van der Waals surface area contributed by atoms with Crippen molar-refractivity contribution in [2.45, 2.75) is 25.4 Å². The summed E-state index contributed by atoms with van der Waals surface area (Å²) < 4.78 is 11.0. The molecule has 17 heavy (non-hydrogen) atoms. The second-order valence-electron chi connectivity index (χ2n) is 3.99. The number of nitrogens with two attached hydrogens (primary N) is 1. The van der Waals surface area contributed by atoms with Gasteiger partial charge >= 0.3 is 0 Å². The quantitative estimate of drug-likeness (QED) is 0.855. The van der Waals surface area contributed by atoms with Crippen LogP contribution >= 0.6 is 0 Å². The summed E-state index contributed by atoms with van der Waals surface area (Å²) in [5.74, 6) is 0.318. The van der Waals surface area contributed by atoms with E-state index in [1.165, 1.54) is 6.20 Å². The van der Waals surface area contributed by atoms with Gasteiger partial charge in [0.2, 0.25) is 5.88 Å². The first-order valence-electron chi connectivity index (χ1n) is 5.70. The fourth-order valence-corrected chi connectivity index (χ4v) is 1.78. The number of aromatic nitrogens is 1. The molecule has 5 nitrogen and oxygen atoms in total. The van der Waals surface area contributed by atoms with Gasteiger partial charge in [-0.25, -0.2) is 4.98 Å². The van der Waals surface area contributed by atoms with E-state index in [-0.39, 0.29) is 6.10 Å². The van der Waals surface area contributed by atoms with Crippen LogP contribution in [0.25, 0.3) is 0 Å². The molecule has 0 radical (unpaired) electrons. The summed E-state index contributed by atoms with van der Waals surface area (Å²) in [6.45, 7) is 1.22. The lowest BCUT2D eigenvalue weighted by Gasteiger charge is -2.22. The third-order valence-corrected chi connectivity index (χ3v) is 2.75. The molecule has 1 atom stereocenters. The fourth-order valence-electron chi connectivity index (χ4n) is 1.78. The molecule has 0 saturated carbocycles. The van der Waals surface area contributed by atoms with Crippen LogP contribution in [0, 0.1) is 11.3 Å². The number of nitriles is 1. The standard InChI is InChI=1S/C12H15N3O2/c13-7-9-4-5-15-12(11(9)14)17-8-10-3-1-2-6-16-10/h4-5,10H,1-3,6,8,14H2. The van der Waals surface area contributed by atoms with E-state index in [9.17, 15) is 0 Å². The maximum absolute atomic E-state index is 8.82. The minimum atomic E-state index is 0.107. The third-order valence-electron chi connectivity index (χ3n) is 2.75. The van der Waals surface area contributed by atoms with E-state index in [1.54, 1.807) is 6.07 Å². The van der Waals surface area contributed by atoms with Crippen LogP contribution in [0.3, 0.4) is 0 Å². The van der Waals surface area contributed by atoms with E-state index in [0.29, 0.717) is 23.7 Å². The molecule has 1 aromatic rings. The fraction of sp³-hybridized carbons (Fsp3) is 0.500. The van der Waals surface area contributed by atoms with E-state index in [0.717, 1.165) is 25.9 Å². The van der Waals surface area contributed by atoms with Crippen molar-refractivity contribution in [1.82, 2.24) is 4.98 Å². The van der Waals surface area contributed by atoms with Gasteiger partial charge < -0.3 is 15.2 Å². The van der Waals surface area contributed by atoms with Crippen LogP contribution in [0.4, 0.5) is 5.69 Å². The molecule has 0 amide bonds. The molecule has 0 spiro atoms. The number of hydrogen-bond acceptors (Lipinski definition) is 5. The summed E-state index contributed by atoms with van der Waals surface area (Å²) in [6, 6.07) is 3.57. The van der Waals surface area contributed by atoms with Crippen LogP contribution in [0.1, 0.15) is 24.8 Å². The monoisotopic (exact) mass is 233 g/mol. The summed E-state index contributed by atoms with van der Waals surface area (Å²) in [4.78, 5) is 4.02. The highest BCUT2D eigenvalue weighted by atomic mass is 16.5. The first-order chi connectivity index (χ1) is 8.31. The average molecular weight is 233 g/mol.